The van der Waals surface area contributed by atoms with E-state index >= 15 is 0 Å². The van der Waals surface area contributed by atoms with Crippen molar-refractivity contribution in [2.24, 2.45) is 23.0 Å². The predicted molar refractivity (Wildman–Crippen MR) is 161 cm³/mol. The van der Waals surface area contributed by atoms with Crippen molar-refractivity contribution in [3.63, 3.8) is 0 Å². The molecule has 4 heteroatoms. The van der Waals surface area contributed by atoms with Crippen molar-refractivity contribution < 1.29 is 14.6 Å². The summed E-state index contributed by atoms with van der Waals surface area (Å²) in [5, 5.41) is 11.5. The Balaban J connectivity index is 1.14. The van der Waals surface area contributed by atoms with Gasteiger partial charge in [-0.25, -0.2) is 0 Å². The van der Waals surface area contributed by atoms with E-state index in [1.54, 1.807) is 6.07 Å². The minimum Gasteiger partial charge on any atom is -0.388 e. The van der Waals surface area contributed by atoms with Gasteiger partial charge in [-0.05, 0) is 95.4 Å². The van der Waals surface area contributed by atoms with Crippen LogP contribution in [0.5, 0.6) is 0 Å². The Bertz CT molecular complexity index is 1440. The summed E-state index contributed by atoms with van der Waals surface area (Å²) in [5.74, 6) is 1.17. The Labute approximate surface area is 237 Å². The zero-order valence-electron chi connectivity index (χ0n) is 23.3. The van der Waals surface area contributed by atoms with Gasteiger partial charge in [0, 0.05) is 11.0 Å². The minimum atomic E-state index is -0.450. The van der Waals surface area contributed by atoms with Crippen molar-refractivity contribution in [2.75, 3.05) is 6.61 Å². The molecule has 3 aliphatic carbocycles. The topological polar surface area (TPSA) is 72.5 Å². The van der Waals surface area contributed by atoms with E-state index < -0.39 is 12.0 Å². The van der Waals surface area contributed by atoms with E-state index in [-0.39, 0.29) is 5.41 Å². The van der Waals surface area contributed by atoms with Crippen LogP contribution in [0, 0.1) is 17.3 Å². The molecule has 4 nitrogen and oxygen atoms in total. The van der Waals surface area contributed by atoms with E-state index in [4.69, 9.17) is 10.5 Å². The van der Waals surface area contributed by atoms with Crippen molar-refractivity contribution in [3.8, 4) is 0 Å². The van der Waals surface area contributed by atoms with Crippen LogP contribution < -0.4 is 5.73 Å². The monoisotopic (exact) mass is 533 g/mol. The van der Waals surface area contributed by atoms with E-state index in [0.29, 0.717) is 36.5 Å². The zero-order valence-corrected chi connectivity index (χ0v) is 23.3. The summed E-state index contributed by atoms with van der Waals surface area (Å²) < 4.78 is 5.81. The smallest absolute Gasteiger partial charge is 0.248 e. The highest BCUT2D eigenvalue weighted by Gasteiger charge is 2.56. The molecule has 1 amide bonds. The minimum absolute atomic E-state index is 0.103. The second-order valence-electron chi connectivity index (χ2n) is 12.1. The zero-order chi connectivity index (χ0) is 27.7. The molecule has 2 saturated carbocycles. The number of ether oxygens (including phenoxy) is 1. The van der Waals surface area contributed by atoms with Crippen molar-refractivity contribution in [1.29, 1.82) is 0 Å². The maximum Gasteiger partial charge on any atom is 0.248 e. The number of carbonyl (C=O) groups is 1. The van der Waals surface area contributed by atoms with Crippen molar-refractivity contribution >= 4 is 18.1 Å². The number of hydrogen-bond donors (Lipinski definition) is 2. The van der Waals surface area contributed by atoms with Gasteiger partial charge in [-0.2, -0.15) is 0 Å². The van der Waals surface area contributed by atoms with Gasteiger partial charge in [0.25, 0.3) is 0 Å². The van der Waals surface area contributed by atoms with Gasteiger partial charge in [-0.3, -0.25) is 4.79 Å². The number of aliphatic hydroxyl groups is 1. The molecule has 0 radical (unpaired) electrons. The molecule has 0 bridgehead atoms. The van der Waals surface area contributed by atoms with Crippen molar-refractivity contribution in [3.05, 3.63) is 118 Å². The Hall–Kier alpha value is -3.47. The van der Waals surface area contributed by atoms with E-state index in [2.05, 4.69) is 55.5 Å². The summed E-state index contributed by atoms with van der Waals surface area (Å²) >= 11 is 0. The van der Waals surface area contributed by atoms with E-state index in [9.17, 15) is 9.90 Å². The molecule has 6 rings (SSSR count). The molecule has 3 aliphatic rings. The predicted octanol–water partition coefficient (Wildman–Crippen LogP) is 6.93. The number of rotatable bonds is 7. The van der Waals surface area contributed by atoms with Gasteiger partial charge < -0.3 is 15.6 Å². The van der Waals surface area contributed by atoms with E-state index in [1.807, 2.05) is 36.4 Å². The lowest BCUT2D eigenvalue weighted by Gasteiger charge is -2.49. The number of hydrogen-bond acceptors (Lipinski definition) is 3. The fourth-order valence-electron chi connectivity index (χ4n) is 7.70. The first-order valence-corrected chi connectivity index (χ1v) is 14.6. The van der Waals surface area contributed by atoms with Gasteiger partial charge in [0.05, 0.1) is 19.3 Å². The first kappa shape index (κ1) is 26.7. The molecule has 0 heterocycles. The molecule has 3 N–H and O–H groups in total. The van der Waals surface area contributed by atoms with Crippen LogP contribution in [0.2, 0.25) is 0 Å². The maximum absolute atomic E-state index is 11.7. The van der Waals surface area contributed by atoms with Crippen molar-refractivity contribution in [1.82, 2.24) is 0 Å². The molecule has 0 aromatic heterocycles. The van der Waals surface area contributed by atoms with E-state index in [0.717, 1.165) is 36.8 Å². The number of aliphatic hydroxyl groups excluding tert-OH is 1. The van der Waals surface area contributed by atoms with Crippen LogP contribution in [0.25, 0.3) is 12.2 Å². The molecule has 3 unspecified atom stereocenters. The lowest BCUT2D eigenvalue weighted by molar-refractivity contribution is -0.0158. The Morgan fingerprint density at radius 2 is 1.90 bits per heavy atom. The third-order valence-corrected chi connectivity index (χ3v) is 9.78. The summed E-state index contributed by atoms with van der Waals surface area (Å²) in [7, 11) is 0. The molecule has 3 aromatic carbocycles. The average Bonchev–Trinajstić information content (AvgIpc) is 3.22. The van der Waals surface area contributed by atoms with Gasteiger partial charge in [0.2, 0.25) is 5.91 Å². The standard InChI is InChI=1S/C36H39NO3/c1-36-17-16-31-30-14-12-24(10-6-18-40-23-25-7-3-2-4-8-25)19-27(30)13-15-32(31)33(36)22-29(34(36)38)21-26-9-5-11-28(20-26)35(37)39/h2-12,14,19-21,31-34,38H,13,15-18,22-23H2,1H3,(H2,37,39)/b10-6+,29-21+/t31?,32?,33?,34-,36-/m0/s1. The third kappa shape index (κ3) is 5.18. The molecule has 5 atom stereocenters. The average molecular weight is 534 g/mol. The van der Waals surface area contributed by atoms with Crippen LogP contribution in [-0.4, -0.2) is 23.7 Å². The number of amides is 1. The molecular weight excluding hydrogens is 494 g/mol. The first-order valence-electron chi connectivity index (χ1n) is 14.6. The lowest BCUT2D eigenvalue weighted by atomic mass is 9.55. The van der Waals surface area contributed by atoms with Crippen LogP contribution >= 0.6 is 0 Å². The summed E-state index contributed by atoms with van der Waals surface area (Å²) in [6.45, 7) is 3.52. The van der Waals surface area contributed by atoms with Crippen LogP contribution in [0.15, 0.2) is 84.4 Å². The van der Waals surface area contributed by atoms with Crippen LogP contribution in [-0.2, 0) is 17.8 Å². The summed E-state index contributed by atoms with van der Waals surface area (Å²) in [4.78, 5) is 11.7. The maximum atomic E-state index is 11.7. The largest absolute Gasteiger partial charge is 0.388 e. The molecule has 2 fully saturated rings. The molecule has 0 spiro atoms. The normalized spacial score (nSPS) is 28.3. The number of nitrogens with two attached hydrogens (primary N) is 1. The Morgan fingerprint density at radius 1 is 1.05 bits per heavy atom. The van der Waals surface area contributed by atoms with Gasteiger partial charge in [-0.1, -0.05) is 85.8 Å². The molecular formula is C36H39NO3. The summed E-state index contributed by atoms with van der Waals surface area (Å²) in [6, 6.07) is 24.7. The number of carbonyl (C=O) groups excluding carboxylic acids is 1. The van der Waals surface area contributed by atoms with Gasteiger partial charge in [-0.15, -0.1) is 0 Å². The Morgan fingerprint density at radius 3 is 2.73 bits per heavy atom. The highest BCUT2D eigenvalue weighted by molar-refractivity contribution is 5.93. The van der Waals surface area contributed by atoms with Crippen LogP contribution in [0.4, 0.5) is 0 Å². The number of primary amides is 1. The van der Waals surface area contributed by atoms with E-state index in [1.165, 1.54) is 28.7 Å². The molecule has 0 saturated heterocycles. The molecule has 40 heavy (non-hydrogen) atoms. The fourth-order valence-corrected chi connectivity index (χ4v) is 7.70. The van der Waals surface area contributed by atoms with Gasteiger partial charge in [0.1, 0.15) is 0 Å². The Kier molecular flexibility index (Phi) is 7.48. The SMILES string of the molecule is C[C@]12CCC3c4ccc(/C=C/COCc5ccccc5)cc4CCC3C1C/C(=C\c1cccc(C(N)=O)c1)[C@@H]2O. The molecule has 206 valence electrons. The fraction of sp³-hybridized carbons (Fsp3) is 0.361. The van der Waals surface area contributed by atoms with Gasteiger partial charge in [0.15, 0.2) is 0 Å². The van der Waals surface area contributed by atoms with Crippen molar-refractivity contribution in [2.45, 2.75) is 57.7 Å². The second kappa shape index (κ2) is 11.2. The second-order valence-corrected chi connectivity index (χ2v) is 12.1. The highest BCUT2D eigenvalue weighted by Crippen LogP contribution is 2.62. The number of benzene rings is 3. The highest BCUT2D eigenvalue weighted by atomic mass is 16.5. The van der Waals surface area contributed by atoms with Gasteiger partial charge >= 0.3 is 0 Å². The number of fused-ring (bicyclic) bond motifs is 5. The lowest BCUT2D eigenvalue weighted by Crippen LogP contribution is -2.44. The molecule has 3 aromatic rings. The van der Waals surface area contributed by atoms with Crippen LogP contribution in [0.3, 0.4) is 0 Å². The summed E-state index contributed by atoms with van der Waals surface area (Å²) in [5.41, 5.74) is 13.3. The quantitative estimate of drug-likeness (QED) is 0.324. The first-order chi connectivity index (χ1) is 19.4. The summed E-state index contributed by atoms with van der Waals surface area (Å²) in [6.07, 6.45) is 11.2. The number of aryl methyl sites for hydroxylation is 1. The molecule has 0 aliphatic heterocycles. The third-order valence-electron chi connectivity index (χ3n) is 9.78. The van der Waals surface area contributed by atoms with Crippen LogP contribution in [0.1, 0.15) is 76.7 Å².